The fraction of sp³-hybridized carbons (Fsp3) is 0.312. The average Bonchev–Trinajstić information content (AvgIpc) is 2.55. The molecular weight excluding hydrogens is 332 g/mol. The molecule has 1 aromatic carbocycles. The number of carbonyl (C=O) groups is 3. The summed E-state index contributed by atoms with van der Waals surface area (Å²) in [6.45, 7) is 3.00. The Bertz CT molecular complexity index is 733. The fourth-order valence-electron chi connectivity index (χ4n) is 2.75. The molecule has 0 radical (unpaired) electrons. The molecule has 1 fully saturated rings. The number of thioether (sulfide) groups is 1. The molecule has 1 saturated heterocycles. The number of fused-ring (bicyclic) bond motifs is 1. The van der Waals surface area contributed by atoms with Crippen molar-refractivity contribution in [3.05, 3.63) is 41.6 Å². The molecule has 0 aromatic heterocycles. The summed E-state index contributed by atoms with van der Waals surface area (Å²) in [5.41, 5.74) is 0.636. The van der Waals surface area contributed by atoms with E-state index in [4.69, 9.17) is 4.84 Å². The van der Waals surface area contributed by atoms with Gasteiger partial charge in [-0.05, 0) is 24.6 Å². The summed E-state index contributed by atoms with van der Waals surface area (Å²) in [4.78, 5) is 42.8. The van der Waals surface area contributed by atoms with Gasteiger partial charge in [0.05, 0.1) is 0 Å². The monoisotopic (exact) mass is 348 g/mol. The van der Waals surface area contributed by atoms with Crippen LogP contribution in [0.25, 0.3) is 0 Å². The zero-order valence-electron chi connectivity index (χ0n) is 13.1. The standard InChI is InChI=1S/C16H16N2O5S/c1-9-8-24-15-13(14(20)17(15)12(9)16(21)22)18(10(2)19)23-11-6-4-3-5-7-11/h3-7,13,15H,8H2,1-2H3,(H,21,22)/t13?,15-/m0/s1. The molecule has 1 N–H and O–H groups in total. The van der Waals surface area contributed by atoms with Gasteiger partial charge in [0.2, 0.25) is 0 Å². The van der Waals surface area contributed by atoms with Crippen LogP contribution in [0.4, 0.5) is 0 Å². The number of carboxylic acids is 1. The van der Waals surface area contributed by atoms with Gasteiger partial charge in [0.25, 0.3) is 11.8 Å². The van der Waals surface area contributed by atoms with E-state index >= 15 is 0 Å². The van der Waals surface area contributed by atoms with Crippen molar-refractivity contribution < 1.29 is 24.3 Å². The predicted molar refractivity (Wildman–Crippen MR) is 86.8 cm³/mol. The van der Waals surface area contributed by atoms with Crippen LogP contribution >= 0.6 is 11.8 Å². The zero-order chi connectivity index (χ0) is 17.4. The lowest BCUT2D eigenvalue weighted by Crippen LogP contribution is -2.71. The molecule has 2 atom stereocenters. The Hall–Kier alpha value is -2.48. The van der Waals surface area contributed by atoms with Gasteiger partial charge in [0, 0.05) is 12.7 Å². The van der Waals surface area contributed by atoms with Gasteiger partial charge in [-0.25, -0.2) is 4.79 Å². The third-order valence-corrected chi connectivity index (χ3v) is 5.25. The van der Waals surface area contributed by atoms with Crippen LogP contribution in [0.2, 0.25) is 0 Å². The van der Waals surface area contributed by atoms with Gasteiger partial charge in [0.15, 0.2) is 11.8 Å². The van der Waals surface area contributed by atoms with Gasteiger partial charge in [-0.15, -0.1) is 11.8 Å². The van der Waals surface area contributed by atoms with E-state index in [1.807, 2.05) is 6.07 Å². The highest BCUT2D eigenvalue weighted by Crippen LogP contribution is 2.42. The minimum Gasteiger partial charge on any atom is -0.477 e. The van der Waals surface area contributed by atoms with Crippen LogP contribution in [0.15, 0.2) is 41.6 Å². The SMILES string of the molecule is CC(=O)N(Oc1ccccc1)C1C(=O)N2C(C(=O)O)=C(C)CS[C@@H]12. The molecule has 0 bridgehead atoms. The quantitative estimate of drug-likeness (QED) is 0.655. The Morgan fingerprint density at radius 2 is 2.00 bits per heavy atom. The first-order valence-corrected chi connectivity index (χ1v) is 8.37. The van der Waals surface area contributed by atoms with Crippen molar-refractivity contribution in [3.63, 3.8) is 0 Å². The maximum atomic E-state index is 12.5. The molecular formula is C16H16N2O5S. The molecule has 2 aliphatic heterocycles. The molecule has 8 heteroatoms. The number of hydrogen-bond donors (Lipinski definition) is 1. The van der Waals surface area contributed by atoms with Crippen LogP contribution in [0, 0.1) is 0 Å². The van der Waals surface area contributed by atoms with E-state index < -0.39 is 29.2 Å². The highest BCUT2D eigenvalue weighted by molar-refractivity contribution is 8.00. The van der Waals surface area contributed by atoms with Crippen LogP contribution in [-0.2, 0) is 14.4 Å². The first-order chi connectivity index (χ1) is 11.4. The van der Waals surface area contributed by atoms with Crippen molar-refractivity contribution >= 4 is 29.5 Å². The van der Waals surface area contributed by atoms with Gasteiger partial charge in [0.1, 0.15) is 11.1 Å². The van der Waals surface area contributed by atoms with Gasteiger partial charge in [-0.2, -0.15) is 5.06 Å². The Morgan fingerprint density at radius 3 is 2.58 bits per heavy atom. The molecule has 7 nitrogen and oxygen atoms in total. The molecule has 0 saturated carbocycles. The summed E-state index contributed by atoms with van der Waals surface area (Å²) in [6, 6.07) is 7.84. The van der Waals surface area contributed by atoms with Crippen LogP contribution in [0.5, 0.6) is 5.75 Å². The maximum Gasteiger partial charge on any atom is 0.352 e. The van der Waals surface area contributed by atoms with Gasteiger partial charge >= 0.3 is 5.97 Å². The summed E-state index contributed by atoms with van der Waals surface area (Å²) in [5.74, 6) is -1.08. The number of β-lactam (4-membered cyclic amide) rings is 1. The van der Waals surface area contributed by atoms with E-state index in [9.17, 15) is 19.5 Å². The third kappa shape index (κ3) is 2.62. The second-order valence-electron chi connectivity index (χ2n) is 5.54. The summed E-state index contributed by atoms with van der Waals surface area (Å²) in [7, 11) is 0. The Balaban J connectivity index is 1.86. The molecule has 2 heterocycles. The van der Waals surface area contributed by atoms with Crippen molar-refractivity contribution in [1.29, 1.82) is 0 Å². The van der Waals surface area contributed by atoms with E-state index in [0.717, 1.165) is 5.06 Å². The zero-order valence-corrected chi connectivity index (χ0v) is 13.9. The van der Waals surface area contributed by atoms with E-state index in [0.29, 0.717) is 17.1 Å². The number of benzene rings is 1. The predicted octanol–water partition coefficient (Wildman–Crippen LogP) is 1.47. The third-order valence-electron chi connectivity index (χ3n) is 3.84. The number of amides is 2. The topological polar surface area (TPSA) is 87.2 Å². The number of hydroxylamine groups is 2. The van der Waals surface area contributed by atoms with Crippen molar-refractivity contribution in [1.82, 2.24) is 9.96 Å². The number of hydrogen-bond acceptors (Lipinski definition) is 5. The fourth-order valence-corrected chi connectivity index (χ4v) is 4.08. The Morgan fingerprint density at radius 1 is 1.33 bits per heavy atom. The summed E-state index contributed by atoms with van der Waals surface area (Å²) >= 11 is 1.42. The lowest BCUT2D eigenvalue weighted by Gasteiger charge is -2.51. The minimum atomic E-state index is -1.14. The summed E-state index contributed by atoms with van der Waals surface area (Å²) < 4.78 is 0. The van der Waals surface area contributed by atoms with Crippen LogP contribution in [0.1, 0.15) is 13.8 Å². The molecule has 0 aliphatic carbocycles. The lowest BCUT2D eigenvalue weighted by atomic mass is 10.0. The van der Waals surface area contributed by atoms with Gasteiger partial charge in [-0.1, -0.05) is 18.2 Å². The largest absolute Gasteiger partial charge is 0.477 e. The van der Waals surface area contributed by atoms with Crippen LogP contribution in [-0.4, -0.2) is 50.0 Å². The number of para-hydroxylation sites is 1. The smallest absolute Gasteiger partial charge is 0.352 e. The van der Waals surface area contributed by atoms with E-state index in [1.165, 1.54) is 23.6 Å². The molecule has 3 rings (SSSR count). The van der Waals surface area contributed by atoms with Crippen molar-refractivity contribution in [3.8, 4) is 5.75 Å². The molecule has 126 valence electrons. The second-order valence-corrected chi connectivity index (χ2v) is 6.64. The molecule has 1 unspecified atom stereocenters. The molecule has 2 amide bonds. The Labute approximate surface area is 142 Å². The number of nitrogens with zero attached hydrogens (tertiary/aromatic N) is 2. The number of aliphatic carboxylic acids is 1. The number of rotatable bonds is 4. The van der Waals surface area contributed by atoms with Crippen molar-refractivity contribution in [2.75, 3.05) is 5.75 Å². The van der Waals surface area contributed by atoms with Crippen molar-refractivity contribution in [2.24, 2.45) is 0 Å². The number of carbonyl (C=O) groups excluding carboxylic acids is 2. The van der Waals surface area contributed by atoms with E-state index in [1.54, 1.807) is 31.2 Å². The van der Waals surface area contributed by atoms with E-state index in [2.05, 4.69) is 0 Å². The van der Waals surface area contributed by atoms with Crippen molar-refractivity contribution in [2.45, 2.75) is 25.3 Å². The van der Waals surface area contributed by atoms with Crippen LogP contribution in [0.3, 0.4) is 0 Å². The first-order valence-electron chi connectivity index (χ1n) is 7.32. The summed E-state index contributed by atoms with van der Waals surface area (Å²) in [6.07, 6.45) is 0. The normalized spacial score (nSPS) is 22.6. The minimum absolute atomic E-state index is 0.00298. The van der Waals surface area contributed by atoms with E-state index in [-0.39, 0.29) is 5.70 Å². The molecule has 1 aromatic rings. The maximum absolute atomic E-state index is 12.5. The highest BCUT2D eigenvalue weighted by atomic mass is 32.2. The molecule has 0 spiro atoms. The summed E-state index contributed by atoms with van der Waals surface area (Å²) in [5, 5.41) is 9.92. The van der Waals surface area contributed by atoms with Gasteiger partial charge in [-0.3, -0.25) is 14.5 Å². The molecule has 24 heavy (non-hydrogen) atoms. The second kappa shape index (κ2) is 6.20. The first kappa shape index (κ1) is 16.4. The Kier molecular flexibility index (Phi) is 4.23. The average molecular weight is 348 g/mol. The van der Waals surface area contributed by atoms with Crippen LogP contribution < -0.4 is 4.84 Å². The lowest BCUT2D eigenvalue weighted by molar-refractivity contribution is -0.187. The molecule has 2 aliphatic rings. The number of carboxylic acid groups (broad SMARTS) is 1. The van der Waals surface area contributed by atoms with Gasteiger partial charge < -0.3 is 9.94 Å². The highest BCUT2D eigenvalue weighted by Gasteiger charge is 2.57.